The van der Waals surface area contributed by atoms with Gasteiger partial charge in [0.05, 0.1) is 0 Å². The number of carbonyl (C=O) groups excluding carboxylic acids is 1. The minimum atomic E-state index is -1.82. The standard InChI is InChI=1S/C12H26N4O2.2C2H2O4/c1-4-16(10-6-8-15(2)3)9-5-7-13-12(17)11-14-18;2*3-1(4)2(5)6/h11,18H,4-10H2,1-3H3,(H,13,17);2*(H,3,4)(H,5,6). The molecule has 0 bridgehead atoms. The van der Waals surface area contributed by atoms with Gasteiger partial charge in [-0.3, -0.25) is 4.79 Å². The molecule has 1 amide bonds. The number of nitrogens with zero attached hydrogens (tertiary/aromatic N) is 3. The van der Waals surface area contributed by atoms with Crippen molar-refractivity contribution < 1.29 is 49.6 Å². The average molecular weight is 438 g/mol. The lowest BCUT2D eigenvalue weighted by Gasteiger charge is -2.21. The number of nitrogens with one attached hydrogen (secondary N) is 1. The van der Waals surface area contributed by atoms with E-state index in [4.69, 9.17) is 44.8 Å². The fraction of sp³-hybridized carbons (Fsp3) is 0.625. The third-order valence-corrected chi connectivity index (χ3v) is 3.02. The van der Waals surface area contributed by atoms with Gasteiger partial charge in [-0.1, -0.05) is 12.1 Å². The van der Waals surface area contributed by atoms with Crippen LogP contribution in [0.15, 0.2) is 5.16 Å². The smallest absolute Gasteiger partial charge is 0.414 e. The Labute approximate surface area is 173 Å². The molecular formula is C16H30N4O10. The summed E-state index contributed by atoms with van der Waals surface area (Å²) in [6, 6.07) is 0. The molecule has 0 aliphatic heterocycles. The molecule has 0 aromatic rings. The van der Waals surface area contributed by atoms with Gasteiger partial charge in [0.15, 0.2) is 0 Å². The highest BCUT2D eigenvalue weighted by Crippen LogP contribution is 1.94. The van der Waals surface area contributed by atoms with E-state index in [1.807, 2.05) is 0 Å². The fourth-order valence-corrected chi connectivity index (χ4v) is 1.65. The maximum atomic E-state index is 11.0. The monoisotopic (exact) mass is 438 g/mol. The van der Waals surface area contributed by atoms with Crippen molar-refractivity contribution in [2.75, 3.05) is 46.8 Å². The van der Waals surface area contributed by atoms with E-state index in [-0.39, 0.29) is 5.91 Å². The molecule has 0 aliphatic rings. The first kappa shape index (κ1) is 31.4. The molecule has 0 rings (SSSR count). The minimum Gasteiger partial charge on any atom is -0.473 e. The zero-order valence-electron chi connectivity index (χ0n) is 17.1. The van der Waals surface area contributed by atoms with Crippen LogP contribution >= 0.6 is 0 Å². The number of rotatable bonds is 10. The first-order valence-corrected chi connectivity index (χ1v) is 8.63. The van der Waals surface area contributed by atoms with Crippen LogP contribution in [0.2, 0.25) is 0 Å². The van der Waals surface area contributed by atoms with E-state index in [1.54, 1.807) is 0 Å². The van der Waals surface area contributed by atoms with E-state index in [0.29, 0.717) is 6.54 Å². The predicted molar refractivity (Wildman–Crippen MR) is 104 cm³/mol. The Morgan fingerprint density at radius 2 is 1.27 bits per heavy atom. The molecule has 0 atom stereocenters. The quantitative estimate of drug-likeness (QED) is 0.0758. The summed E-state index contributed by atoms with van der Waals surface area (Å²) in [6.07, 6.45) is 2.93. The Morgan fingerprint density at radius 3 is 1.60 bits per heavy atom. The molecule has 14 nitrogen and oxygen atoms in total. The van der Waals surface area contributed by atoms with Crippen molar-refractivity contribution in [1.29, 1.82) is 0 Å². The summed E-state index contributed by atoms with van der Waals surface area (Å²) in [7, 11) is 4.16. The van der Waals surface area contributed by atoms with Crippen LogP contribution in [0.3, 0.4) is 0 Å². The molecule has 0 aliphatic carbocycles. The van der Waals surface area contributed by atoms with Gasteiger partial charge in [-0.15, -0.1) is 0 Å². The summed E-state index contributed by atoms with van der Waals surface area (Å²) in [6.45, 7) is 6.93. The van der Waals surface area contributed by atoms with Crippen molar-refractivity contribution >= 4 is 36.0 Å². The first-order valence-electron chi connectivity index (χ1n) is 8.63. The second kappa shape index (κ2) is 20.5. The van der Waals surface area contributed by atoms with Gasteiger partial charge in [-0.05, 0) is 53.1 Å². The highest BCUT2D eigenvalue weighted by Gasteiger charge is 2.05. The molecule has 14 heteroatoms. The lowest BCUT2D eigenvalue weighted by molar-refractivity contribution is -0.159. The molecule has 174 valence electrons. The van der Waals surface area contributed by atoms with Gasteiger partial charge >= 0.3 is 23.9 Å². The van der Waals surface area contributed by atoms with Crippen molar-refractivity contribution in [1.82, 2.24) is 15.1 Å². The Morgan fingerprint density at radius 1 is 0.833 bits per heavy atom. The summed E-state index contributed by atoms with van der Waals surface area (Å²) in [4.78, 5) is 51.9. The number of carbonyl (C=O) groups is 5. The zero-order chi connectivity index (χ0) is 24.1. The summed E-state index contributed by atoms with van der Waals surface area (Å²) in [5, 5.41) is 43.0. The molecular weight excluding hydrogens is 408 g/mol. The summed E-state index contributed by atoms with van der Waals surface area (Å²) in [5.41, 5.74) is 0. The number of carboxylic acids is 4. The zero-order valence-corrected chi connectivity index (χ0v) is 17.1. The lowest BCUT2D eigenvalue weighted by atomic mass is 10.3. The van der Waals surface area contributed by atoms with Gasteiger partial charge in [-0.2, -0.15) is 0 Å². The molecule has 0 unspecified atom stereocenters. The predicted octanol–water partition coefficient (Wildman–Crippen LogP) is -1.46. The van der Waals surface area contributed by atoms with Crippen LogP contribution in [0.5, 0.6) is 0 Å². The van der Waals surface area contributed by atoms with E-state index < -0.39 is 23.9 Å². The average Bonchev–Trinajstić information content (AvgIpc) is 2.64. The van der Waals surface area contributed by atoms with Crippen LogP contribution in [-0.4, -0.2) is 118 Å². The first-order chi connectivity index (χ1) is 13.9. The Hall–Kier alpha value is -3.26. The Balaban J connectivity index is -0.000000495. The van der Waals surface area contributed by atoms with Crippen LogP contribution in [0.25, 0.3) is 0 Å². The van der Waals surface area contributed by atoms with Gasteiger partial charge in [0.2, 0.25) is 0 Å². The minimum absolute atomic E-state index is 0.354. The topological polar surface area (TPSA) is 217 Å². The number of amides is 1. The second-order valence-electron chi connectivity index (χ2n) is 5.70. The van der Waals surface area contributed by atoms with Crippen molar-refractivity contribution in [3.8, 4) is 0 Å². The lowest BCUT2D eigenvalue weighted by Crippen LogP contribution is -2.32. The van der Waals surface area contributed by atoms with E-state index in [2.05, 4.69) is 41.3 Å². The molecule has 0 saturated carbocycles. The van der Waals surface area contributed by atoms with Crippen LogP contribution in [0, 0.1) is 0 Å². The SMILES string of the molecule is CCN(CCCNC(=O)C=NO)CCCN(C)C.O=C(O)C(=O)O.O=C(O)C(=O)O. The summed E-state index contributed by atoms with van der Waals surface area (Å²) in [5.74, 6) is -7.65. The normalized spacial score (nSPS) is 9.90. The van der Waals surface area contributed by atoms with Crippen LogP contribution in [0.4, 0.5) is 0 Å². The van der Waals surface area contributed by atoms with Crippen molar-refractivity contribution in [2.24, 2.45) is 5.16 Å². The Kier molecular flexibility index (Phi) is 21.5. The molecule has 0 fully saturated rings. The van der Waals surface area contributed by atoms with Crippen molar-refractivity contribution in [2.45, 2.75) is 19.8 Å². The summed E-state index contributed by atoms with van der Waals surface area (Å²) < 4.78 is 0. The molecule has 0 aromatic carbocycles. The van der Waals surface area contributed by atoms with Gasteiger partial charge < -0.3 is 40.7 Å². The molecule has 0 radical (unpaired) electrons. The van der Waals surface area contributed by atoms with Crippen LogP contribution in [-0.2, 0) is 24.0 Å². The maximum Gasteiger partial charge on any atom is 0.414 e. The van der Waals surface area contributed by atoms with E-state index in [0.717, 1.165) is 45.2 Å². The molecule has 6 N–H and O–H groups in total. The highest BCUT2D eigenvalue weighted by atomic mass is 16.4. The molecule has 30 heavy (non-hydrogen) atoms. The van der Waals surface area contributed by atoms with E-state index >= 15 is 0 Å². The number of hydrogen-bond acceptors (Lipinski definition) is 9. The van der Waals surface area contributed by atoms with Gasteiger partial charge in [0.1, 0.15) is 6.21 Å². The van der Waals surface area contributed by atoms with Crippen LogP contribution in [0.1, 0.15) is 19.8 Å². The third kappa shape index (κ3) is 27.0. The van der Waals surface area contributed by atoms with Crippen molar-refractivity contribution in [3.63, 3.8) is 0 Å². The molecule has 0 heterocycles. The van der Waals surface area contributed by atoms with Gasteiger partial charge in [0, 0.05) is 6.54 Å². The van der Waals surface area contributed by atoms with Crippen molar-refractivity contribution in [3.05, 3.63) is 0 Å². The highest BCUT2D eigenvalue weighted by molar-refractivity contribution is 6.28. The van der Waals surface area contributed by atoms with Gasteiger partial charge in [-0.25, -0.2) is 19.2 Å². The second-order valence-corrected chi connectivity index (χ2v) is 5.70. The molecule has 0 aromatic heterocycles. The molecule has 0 spiro atoms. The van der Waals surface area contributed by atoms with E-state index in [9.17, 15) is 4.79 Å². The number of oxime groups is 1. The maximum absolute atomic E-state index is 11.0. The fourth-order valence-electron chi connectivity index (χ4n) is 1.65. The number of hydrogen-bond donors (Lipinski definition) is 6. The largest absolute Gasteiger partial charge is 0.473 e. The van der Waals surface area contributed by atoms with Gasteiger partial charge in [0.25, 0.3) is 5.91 Å². The molecule has 0 saturated heterocycles. The third-order valence-electron chi connectivity index (χ3n) is 3.02. The number of aliphatic carboxylic acids is 4. The van der Waals surface area contributed by atoms with E-state index in [1.165, 1.54) is 0 Å². The Bertz CT molecular complexity index is 518. The summed E-state index contributed by atoms with van der Waals surface area (Å²) >= 11 is 0. The van der Waals surface area contributed by atoms with Crippen LogP contribution < -0.4 is 5.32 Å². The number of carboxylic acid groups (broad SMARTS) is 4.